The van der Waals surface area contributed by atoms with E-state index in [-0.39, 0.29) is 130 Å². The molecule has 0 fully saturated rings. The number of alkyl carbamates (subject to hydrolysis) is 1. The summed E-state index contributed by atoms with van der Waals surface area (Å²) < 4.78 is 68.0. The third-order valence-corrected chi connectivity index (χ3v) is 23.6. The van der Waals surface area contributed by atoms with Crippen molar-refractivity contribution in [2.45, 2.75) is 120 Å². The van der Waals surface area contributed by atoms with Crippen LogP contribution >= 0.6 is 23.2 Å². The number of rotatable bonds is 10. The molecule has 6 aliphatic rings. The summed E-state index contributed by atoms with van der Waals surface area (Å²) in [7, 11) is 4.95. The SMILES string of the molecule is COc1cc2cc(c1)[C@@H]1NC(=O)[C@@H](Cc3ccc(c(Cl)c3)Oc3cc4cc(c3OC)Oc3ccc(cc3Cl)[C@@H](O[Si](C)(C)C(C)(C)C)[C@@H]3NC(=O)[C@H](NC(=O)[C@@H]4NC1=O)c1ccc(OC)c(c1)-c1c(OC)cc(OC)cc1[C@@H](C(=O)O)NC3=O)NC(=O)[C@H](NC(=O)OC(C)(C)C)c1ccc(OC)c(c1)O2. The first kappa shape index (κ1) is 75.2. The van der Waals surface area contributed by atoms with E-state index in [0.717, 1.165) is 0 Å². The zero-order valence-corrected chi connectivity index (χ0v) is 62.3. The summed E-state index contributed by atoms with van der Waals surface area (Å²) in [6.45, 7) is 14.6. The topological polar surface area (TPSA) is 343 Å². The number of benzene rings is 7. The van der Waals surface area contributed by atoms with Gasteiger partial charge in [0.05, 0.1) is 58.8 Å². The van der Waals surface area contributed by atoms with Gasteiger partial charge in [-0.1, -0.05) is 68.2 Å². The van der Waals surface area contributed by atoms with Gasteiger partial charge in [-0.2, -0.15) is 0 Å². The quantitative estimate of drug-likeness (QED) is 0.0590. The van der Waals surface area contributed by atoms with E-state index in [2.05, 4.69) is 37.2 Å². The summed E-state index contributed by atoms with van der Waals surface area (Å²) in [6, 6.07) is 14.9. The Hall–Kier alpha value is -10.9. The Labute approximate surface area is 615 Å². The van der Waals surface area contributed by atoms with Gasteiger partial charge in [-0.3, -0.25) is 28.8 Å². The van der Waals surface area contributed by atoms with Crippen molar-refractivity contribution in [3.8, 4) is 80.1 Å². The Morgan fingerprint density at radius 1 is 0.514 bits per heavy atom. The number of carboxylic acid groups (broad SMARTS) is 1. The summed E-state index contributed by atoms with van der Waals surface area (Å²) in [5, 5.41) is 30.1. The molecule has 0 spiro atoms. The highest BCUT2D eigenvalue weighted by molar-refractivity contribution is 6.74. The van der Waals surface area contributed by atoms with Gasteiger partial charge in [0.15, 0.2) is 37.4 Å². The van der Waals surface area contributed by atoms with Crippen molar-refractivity contribution in [1.29, 1.82) is 0 Å². The van der Waals surface area contributed by atoms with E-state index < -0.39 is 115 Å². The highest BCUT2D eigenvalue weighted by atomic mass is 35.5. The van der Waals surface area contributed by atoms with Crippen molar-refractivity contribution in [3.05, 3.63) is 164 Å². The van der Waals surface area contributed by atoms with E-state index in [9.17, 15) is 14.7 Å². The van der Waals surface area contributed by atoms with Crippen LogP contribution in [0.1, 0.15) is 117 Å². The Kier molecular flexibility index (Phi) is 21.5. The summed E-state index contributed by atoms with van der Waals surface area (Å²) in [4.78, 5) is 123. The predicted octanol–water partition coefficient (Wildman–Crippen LogP) is 11.4. The molecule has 13 rings (SSSR count). The fourth-order valence-corrected chi connectivity index (χ4v) is 14.0. The van der Waals surface area contributed by atoms with Crippen LogP contribution in [0.25, 0.3) is 11.1 Å². The molecule has 105 heavy (non-hydrogen) atoms. The van der Waals surface area contributed by atoms with Crippen LogP contribution in [0.4, 0.5) is 4.79 Å². The van der Waals surface area contributed by atoms with Crippen molar-refractivity contribution in [2.24, 2.45) is 0 Å². The third kappa shape index (κ3) is 15.9. The summed E-state index contributed by atoms with van der Waals surface area (Å²) in [5.41, 5.74) is -0.403. The maximum Gasteiger partial charge on any atom is 0.408 e. The minimum Gasteiger partial charge on any atom is -0.497 e. The van der Waals surface area contributed by atoms with Crippen LogP contribution in [0.3, 0.4) is 0 Å². The maximum atomic E-state index is 16.5. The minimum atomic E-state index is -3.14. The highest BCUT2D eigenvalue weighted by Crippen LogP contribution is 2.50. The van der Waals surface area contributed by atoms with Crippen LogP contribution in [0.15, 0.2) is 115 Å². The van der Waals surface area contributed by atoms with Gasteiger partial charge in [-0.15, -0.1) is 0 Å². The molecule has 27 nitrogen and oxygen atoms in total. The van der Waals surface area contributed by atoms with E-state index in [1.165, 1.54) is 146 Å². The number of aliphatic carboxylic acids is 1. The zero-order valence-electron chi connectivity index (χ0n) is 59.8. The second-order valence-electron chi connectivity index (χ2n) is 27.7. The lowest BCUT2D eigenvalue weighted by Gasteiger charge is -2.42. The zero-order chi connectivity index (χ0) is 75.9. The Morgan fingerprint density at radius 2 is 1.08 bits per heavy atom. The molecule has 0 unspecified atom stereocenters. The van der Waals surface area contributed by atoms with E-state index in [1.807, 2.05) is 33.9 Å². The average molecular weight is 1500 g/mol. The molecule has 17 bridgehead atoms. The van der Waals surface area contributed by atoms with Crippen LogP contribution in [-0.4, -0.2) is 121 Å². The summed E-state index contributed by atoms with van der Waals surface area (Å²) >= 11 is 14.5. The molecule has 6 aliphatic heterocycles. The molecular formula is C75H79Cl2N7O20Si. The first-order valence-electron chi connectivity index (χ1n) is 33.1. The van der Waals surface area contributed by atoms with Crippen molar-refractivity contribution in [2.75, 3.05) is 42.7 Å². The number of hydrogen-bond acceptors (Lipinski definition) is 19. The number of hydrogen-bond donors (Lipinski definition) is 8. The van der Waals surface area contributed by atoms with Crippen LogP contribution < -0.4 is 79.8 Å². The van der Waals surface area contributed by atoms with Gasteiger partial charge in [0.25, 0.3) is 0 Å². The largest absolute Gasteiger partial charge is 0.497 e. The molecule has 7 aromatic rings. The van der Waals surface area contributed by atoms with Gasteiger partial charge < -0.3 is 94.1 Å². The first-order chi connectivity index (χ1) is 49.7. The maximum absolute atomic E-state index is 16.5. The van der Waals surface area contributed by atoms with Gasteiger partial charge >= 0.3 is 12.1 Å². The number of carbonyl (C=O) groups excluding carboxylic acids is 7. The number of fused-ring (bicyclic) bond motifs is 14. The molecule has 0 radical (unpaired) electrons. The van der Waals surface area contributed by atoms with Crippen molar-refractivity contribution in [1.82, 2.24) is 37.2 Å². The lowest BCUT2D eigenvalue weighted by atomic mass is 9.89. The van der Waals surface area contributed by atoms with E-state index in [4.69, 9.17) is 75.0 Å². The molecule has 7 aromatic carbocycles. The van der Waals surface area contributed by atoms with E-state index >= 15 is 28.8 Å². The Balaban J connectivity index is 1.18. The summed E-state index contributed by atoms with van der Waals surface area (Å²) in [5.74, 6) is -7.94. The van der Waals surface area contributed by atoms with Crippen molar-refractivity contribution >= 4 is 79.0 Å². The van der Waals surface area contributed by atoms with E-state index in [0.29, 0.717) is 5.56 Å². The monoisotopic (exact) mass is 1500 g/mol. The third-order valence-electron chi connectivity index (χ3n) is 18.5. The van der Waals surface area contributed by atoms with Gasteiger partial charge in [0.1, 0.15) is 82.1 Å². The molecule has 0 saturated heterocycles. The molecular weight excluding hydrogens is 1420 g/mol. The standard InChI is InChI=1S/C75H79Cl2N7O20Si/c1-74(2,3)103-73(93)84-59-37-17-22-52(97-10)53(29-37)100-43-26-39(25-41(32-43)94-7)60-69(88)81-61-40-30-55(101-50-19-15-35(23-46(50)76)24-48(66(85)79-60)78-67(59)86)65(99-12)56(31-40)102-51-21-18-38(28-47(51)77)64(104-105(13,14)75(4,5)6)63-71(90)82-62(72(91)92)45-33-42(95-8)34-54(98-11)57(45)44-27-36(16-20-49(44)96-9)58(68(87)83-63)80-70(61)89/h15-23,25-34,48,58-64H,24H2,1-14H3,(H,78,86)(H,79,85)(H,80,89)(H,81,88)(H,82,90)(H,83,87)(H,84,93)(H,91,92)/t48-,58-,59-,60+,61-,62+,63+,64-/m1/s1. The Bertz CT molecular complexity index is 4660. The number of ether oxygens (including phenoxy) is 10. The average Bonchev–Trinajstić information content (AvgIpc) is 0.758. The molecule has 0 saturated carbocycles. The number of nitrogens with one attached hydrogen (secondary N) is 7. The van der Waals surface area contributed by atoms with Crippen molar-refractivity contribution in [3.63, 3.8) is 0 Å². The molecule has 0 aromatic heterocycles. The molecule has 6 heterocycles. The number of carbonyl (C=O) groups is 8. The molecule has 7 amide bonds. The minimum absolute atomic E-state index is 0.00898. The number of amides is 7. The van der Waals surface area contributed by atoms with Crippen LogP contribution in [0.2, 0.25) is 28.2 Å². The van der Waals surface area contributed by atoms with Crippen LogP contribution in [-0.2, 0) is 49.1 Å². The van der Waals surface area contributed by atoms with Gasteiger partial charge in [0.2, 0.25) is 41.2 Å². The smallest absolute Gasteiger partial charge is 0.408 e. The second kappa shape index (κ2) is 30.0. The summed E-state index contributed by atoms with van der Waals surface area (Å²) in [6.07, 6.45) is -2.84. The number of methoxy groups -OCH3 is 6. The van der Waals surface area contributed by atoms with Gasteiger partial charge in [-0.05, 0) is 151 Å². The fraction of sp³-hybridized carbons (Fsp3) is 0.333. The molecule has 30 heteroatoms. The lowest BCUT2D eigenvalue weighted by Crippen LogP contribution is -2.57. The van der Waals surface area contributed by atoms with Crippen LogP contribution in [0.5, 0.6) is 69.0 Å². The van der Waals surface area contributed by atoms with Gasteiger partial charge in [0, 0.05) is 35.2 Å². The van der Waals surface area contributed by atoms with Gasteiger partial charge in [-0.25, -0.2) is 9.59 Å². The molecule has 8 atom stereocenters. The predicted molar refractivity (Wildman–Crippen MR) is 386 cm³/mol. The first-order valence-corrected chi connectivity index (χ1v) is 36.8. The number of halogens is 2. The molecule has 0 aliphatic carbocycles. The highest BCUT2D eigenvalue weighted by Gasteiger charge is 2.47. The normalized spacial score (nSPS) is 20.3. The van der Waals surface area contributed by atoms with Crippen LogP contribution in [0, 0.1) is 0 Å². The fourth-order valence-electron chi connectivity index (χ4n) is 12.3. The second-order valence-corrected chi connectivity index (χ2v) is 33.2. The number of carboxylic acids is 1. The lowest BCUT2D eigenvalue weighted by molar-refractivity contribution is -0.143. The van der Waals surface area contributed by atoms with E-state index in [1.54, 1.807) is 32.9 Å². The van der Waals surface area contributed by atoms with Crippen molar-refractivity contribution < 1.29 is 95.3 Å². The molecule has 8 N–H and O–H groups in total. The molecule has 552 valence electrons. The Morgan fingerprint density at radius 3 is 1.67 bits per heavy atom.